The number of aliphatic hydroxyl groups excluding tert-OH is 1. The Bertz CT molecular complexity index is 253. The highest BCUT2D eigenvalue weighted by Crippen LogP contribution is 2.25. The maximum absolute atomic E-state index is 9.65. The summed E-state index contributed by atoms with van der Waals surface area (Å²) in [6.45, 7) is 2.37. The lowest BCUT2D eigenvalue weighted by molar-refractivity contribution is 0.121. The predicted octanol–water partition coefficient (Wildman–Crippen LogP) is 1.53. The smallest absolute Gasteiger partial charge is 0.123 e. The molecule has 12 heavy (non-hydrogen) atoms. The van der Waals surface area contributed by atoms with E-state index in [1.165, 1.54) is 11.3 Å². The van der Waals surface area contributed by atoms with E-state index >= 15 is 0 Å². The molecule has 0 spiro atoms. The first-order valence-corrected chi connectivity index (χ1v) is 5.31. The van der Waals surface area contributed by atoms with E-state index in [1.807, 2.05) is 12.3 Å². The van der Waals surface area contributed by atoms with Crippen molar-refractivity contribution in [2.45, 2.75) is 13.0 Å². The second-order valence-electron chi connectivity index (χ2n) is 2.67. The summed E-state index contributed by atoms with van der Waals surface area (Å²) in [6, 6.07) is 0. The lowest BCUT2D eigenvalue weighted by Gasteiger charge is -2.13. The second kappa shape index (κ2) is 4.32. The number of hydrogen-bond acceptors (Lipinski definition) is 4. The second-order valence-corrected chi connectivity index (χ2v) is 4.37. The number of aliphatic hydroxyl groups is 1. The van der Waals surface area contributed by atoms with Gasteiger partial charge in [-0.15, -0.1) is 11.3 Å². The van der Waals surface area contributed by atoms with Crippen LogP contribution in [0.5, 0.6) is 0 Å². The third kappa shape index (κ3) is 2.26. The summed E-state index contributed by atoms with van der Waals surface area (Å²) < 4.78 is 0.769. The van der Waals surface area contributed by atoms with Gasteiger partial charge >= 0.3 is 0 Å². The molecular weight excluding hydrogens is 240 g/mol. The average Bonchev–Trinajstić information content (AvgIpc) is 2.49. The van der Waals surface area contributed by atoms with Gasteiger partial charge in [-0.05, 0) is 22.5 Å². The van der Waals surface area contributed by atoms with Crippen LogP contribution in [0.15, 0.2) is 9.98 Å². The largest absolute Gasteiger partial charge is 0.386 e. The topological polar surface area (TPSA) is 59.1 Å². The Balaban J connectivity index is 2.70. The van der Waals surface area contributed by atoms with Crippen molar-refractivity contribution in [2.24, 2.45) is 11.7 Å². The number of thiazole rings is 1. The van der Waals surface area contributed by atoms with Gasteiger partial charge in [-0.1, -0.05) is 6.92 Å². The summed E-state index contributed by atoms with van der Waals surface area (Å²) >= 11 is 4.67. The van der Waals surface area contributed by atoms with Crippen LogP contribution in [0.4, 0.5) is 0 Å². The van der Waals surface area contributed by atoms with Crippen LogP contribution in [0.2, 0.25) is 0 Å². The summed E-state index contributed by atoms with van der Waals surface area (Å²) in [5.74, 6) is 0.0584. The van der Waals surface area contributed by atoms with Gasteiger partial charge in [0.25, 0.3) is 0 Å². The van der Waals surface area contributed by atoms with Gasteiger partial charge in [-0.3, -0.25) is 0 Å². The van der Waals surface area contributed by atoms with Gasteiger partial charge in [-0.25, -0.2) is 4.98 Å². The molecule has 0 aromatic carbocycles. The molecule has 0 fully saturated rings. The van der Waals surface area contributed by atoms with Crippen molar-refractivity contribution in [1.82, 2.24) is 4.98 Å². The molecule has 0 saturated heterocycles. The highest BCUT2D eigenvalue weighted by Gasteiger charge is 2.17. The molecule has 0 aliphatic heterocycles. The van der Waals surface area contributed by atoms with Crippen molar-refractivity contribution < 1.29 is 5.11 Å². The molecule has 3 nitrogen and oxygen atoms in total. The number of nitrogens with zero attached hydrogens (tertiary/aromatic N) is 1. The van der Waals surface area contributed by atoms with Crippen LogP contribution in [0, 0.1) is 5.92 Å². The van der Waals surface area contributed by atoms with Crippen LogP contribution >= 0.6 is 27.3 Å². The van der Waals surface area contributed by atoms with Gasteiger partial charge in [0.1, 0.15) is 15.7 Å². The summed E-state index contributed by atoms with van der Waals surface area (Å²) in [5, 5.41) is 12.2. The van der Waals surface area contributed by atoms with E-state index in [0.29, 0.717) is 6.54 Å². The Morgan fingerprint density at radius 2 is 2.50 bits per heavy atom. The highest BCUT2D eigenvalue weighted by molar-refractivity contribution is 9.10. The Hall–Kier alpha value is 0.0300. The summed E-state index contributed by atoms with van der Waals surface area (Å²) in [7, 11) is 0. The fourth-order valence-electron chi connectivity index (χ4n) is 0.775. The standard InChI is InChI=1S/C7H11BrN2OS/c1-4(2-9)6(11)7-10-5(8)3-12-7/h3-4,6,11H,2,9H2,1H3. The number of halogens is 1. The molecule has 3 N–H and O–H groups in total. The van der Waals surface area contributed by atoms with Crippen molar-refractivity contribution in [2.75, 3.05) is 6.54 Å². The molecule has 5 heteroatoms. The van der Waals surface area contributed by atoms with Gasteiger partial charge < -0.3 is 10.8 Å². The van der Waals surface area contributed by atoms with Crippen molar-refractivity contribution in [3.8, 4) is 0 Å². The summed E-state index contributed by atoms with van der Waals surface area (Å²) in [6.07, 6.45) is -0.536. The van der Waals surface area contributed by atoms with Gasteiger partial charge in [0.15, 0.2) is 0 Å². The Labute approximate surface area is 83.8 Å². The number of aromatic nitrogens is 1. The quantitative estimate of drug-likeness (QED) is 0.856. The molecule has 0 aliphatic rings. The zero-order chi connectivity index (χ0) is 9.14. The van der Waals surface area contributed by atoms with Crippen LogP contribution in [0.25, 0.3) is 0 Å². The van der Waals surface area contributed by atoms with Crippen molar-refractivity contribution >= 4 is 27.3 Å². The molecule has 0 aliphatic carbocycles. The average molecular weight is 251 g/mol. The number of rotatable bonds is 3. The fraction of sp³-hybridized carbons (Fsp3) is 0.571. The third-order valence-electron chi connectivity index (χ3n) is 1.66. The van der Waals surface area contributed by atoms with Crippen molar-refractivity contribution in [1.29, 1.82) is 0 Å². The van der Waals surface area contributed by atoms with E-state index in [9.17, 15) is 5.11 Å². The van der Waals surface area contributed by atoms with E-state index in [2.05, 4.69) is 20.9 Å². The zero-order valence-corrected chi connectivity index (χ0v) is 9.10. The van der Waals surface area contributed by atoms with E-state index in [0.717, 1.165) is 9.61 Å². The molecule has 0 radical (unpaired) electrons. The first-order chi connectivity index (χ1) is 5.65. The van der Waals surface area contributed by atoms with Crippen molar-refractivity contribution in [3.05, 3.63) is 15.0 Å². The van der Waals surface area contributed by atoms with E-state index in [4.69, 9.17) is 5.73 Å². The molecule has 0 amide bonds. The lowest BCUT2D eigenvalue weighted by atomic mass is 10.1. The highest BCUT2D eigenvalue weighted by atomic mass is 79.9. The Kier molecular flexibility index (Phi) is 3.64. The molecule has 1 heterocycles. The van der Waals surface area contributed by atoms with Crippen LogP contribution in [0.1, 0.15) is 18.0 Å². The molecule has 1 rings (SSSR count). The van der Waals surface area contributed by atoms with E-state index < -0.39 is 6.10 Å². The lowest BCUT2D eigenvalue weighted by Crippen LogP contribution is -2.18. The Morgan fingerprint density at radius 3 is 2.92 bits per heavy atom. The first-order valence-electron chi connectivity index (χ1n) is 3.64. The normalized spacial score (nSPS) is 16.0. The van der Waals surface area contributed by atoms with Gasteiger partial charge in [-0.2, -0.15) is 0 Å². The molecular formula is C7H11BrN2OS. The predicted molar refractivity (Wildman–Crippen MR) is 53.0 cm³/mol. The summed E-state index contributed by atoms with van der Waals surface area (Å²) in [4.78, 5) is 4.11. The van der Waals surface area contributed by atoms with Gasteiger partial charge in [0.2, 0.25) is 0 Å². The monoisotopic (exact) mass is 250 g/mol. The van der Waals surface area contributed by atoms with Crippen LogP contribution < -0.4 is 5.73 Å². The zero-order valence-electron chi connectivity index (χ0n) is 6.70. The van der Waals surface area contributed by atoms with Crippen molar-refractivity contribution in [3.63, 3.8) is 0 Å². The molecule has 68 valence electrons. The fourth-order valence-corrected chi connectivity index (χ4v) is 2.16. The van der Waals surface area contributed by atoms with E-state index in [1.54, 1.807) is 0 Å². The molecule has 0 saturated carbocycles. The van der Waals surface area contributed by atoms with Gasteiger partial charge in [0.05, 0.1) is 0 Å². The third-order valence-corrected chi connectivity index (χ3v) is 3.28. The molecule has 0 bridgehead atoms. The molecule has 2 unspecified atom stereocenters. The minimum absolute atomic E-state index is 0.0584. The SMILES string of the molecule is CC(CN)C(O)c1nc(Br)cs1. The van der Waals surface area contributed by atoms with Gasteiger partial charge in [0, 0.05) is 11.3 Å². The number of nitrogens with two attached hydrogens (primary N) is 1. The number of hydrogen-bond donors (Lipinski definition) is 2. The molecule has 1 aromatic heterocycles. The van der Waals surface area contributed by atoms with Crippen LogP contribution in [0.3, 0.4) is 0 Å². The minimum Gasteiger partial charge on any atom is -0.386 e. The Morgan fingerprint density at radius 1 is 1.83 bits per heavy atom. The van der Waals surface area contributed by atoms with Crippen LogP contribution in [-0.2, 0) is 0 Å². The maximum Gasteiger partial charge on any atom is 0.123 e. The molecule has 2 atom stereocenters. The first kappa shape index (κ1) is 10.1. The van der Waals surface area contributed by atoms with Crippen LogP contribution in [-0.4, -0.2) is 16.6 Å². The van der Waals surface area contributed by atoms with E-state index in [-0.39, 0.29) is 5.92 Å². The maximum atomic E-state index is 9.65. The minimum atomic E-state index is -0.536. The summed E-state index contributed by atoms with van der Waals surface area (Å²) in [5.41, 5.74) is 5.42. The molecule has 1 aromatic rings.